The summed E-state index contributed by atoms with van der Waals surface area (Å²) >= 11 is 0. The zero-order valence-electron chi connectivity index (χ0n) is 16.1. The van der Waals surface area contributed by atoms with E-state index in [1.807, 2.05) is 25.7 Å². The molecule has 1 amide bonds. The van der Waals surface area contributed by atoms with Gasteiger partial charge in [0.05, 0.1) is 13.2 Å². The van der Waals surface area contributed by atoms with Crippen LogP contribution in [0.25, 0.3) is 0 Å². The number of carbonyl (C=O) groups excluding carboxylic acids is 1. The largest absolute Gasteiger partial charge is 0.481 e. The second kappa shape index (κ2) is 9.94. The second-order valence-electron chi connectivity index (χ2n) is 7.52. The maximum absolute atomic E-state index is 12.3. The number of hydrogen-bond acceptors (Lipinski definition) is 6. The van der Waals surface area contributed by atoms with Crippen LogP contribution >= 0.6 is 0 Å². The lowest BCUT2D eigenvalue weighted by Gasteiger charge is -2.41. The minimum absolute atomic E-state index is 0.167. The van der Waals surface area contributed by atoms with Gasteiger partial charge in [-0.15, -0.1) is 0 Å². The van der Waals surface area contributed by atoms with Crippen LogP contribution in [0.15, 0.2) is 0 Å². The van der Waals surface area contributed by atoms with Gasteiger partial charge in [0.1, 0.15) is 5.60 Å². The van der Waals surface area contributed by atoms with Crippen molar-refractivity contribution in [3.05, 3.63) is 0 Å². The molecule has 25 heavy (non-hydrogen) atoms. The Morgan fingerprint density at radius 3 is 2.36 bits per heavy atom. The molecule has 0 aliphatic carbocycles. The molecule has 0 aromatic rings. The lowest BCUT2D eigenvalue weighted by molar-refractivity contribution is -0.134. The van der Waals surface area contributed by atoms with E-state index < -0.39 is 11.6 Å². The van der Waals surface area contributed by atoms with Crippen molar-refractivity contribution in [1.82, 2.24) is 15.1 Å². The number of piperazine rings is 1. The number of hydrogen-bond donors (Lipinski definition) is 2. The minimum atomic E-state index is -0.833. The molecule has 2 rings (SSSR count). The average molecular weight is 359 g/mol. The number of rotatable bonds is 2. The van der Waals surface area contributed by atoms with Crippen molar-refractivity contribution >= 4 is 12.1 Å². The molecule has 2 fully saturated rings. The lowest BCUT2D eigenvalue weighted by Crippen LogP contribution is -2.61. The molecule has 0 spiro atoms. The molecular weight excluding hydrogens is 326 g/mol. The van der Waals surface area contributed by atoms with E-state index in [-0.39, 0.29) is 12.1 Å². The van der Waals surface area contributed by atoms with Gasteiger partial charge in [0.2, 0.25) is 0 Å². The first kappa shape index (κ1) is 21.7. The van der Waals surface area contributed by atoms with E-state index in [1.54, 1.807) is 0 Å². The summed E-state index contributed by atoms with van der Waals surface area (Å²) in [5.74, 6) is -0.833. The number of carboxylic acids is 1. The Labute approximate surface area is 150 Å². The molecule has 0 unspecified atom stereocenters. The van der Waals surface area contributed by atoms with Crippen molar-refractivity contribution < 1.29 is 24.2 Å². The zero-order valence-corrected chi connectivity index (χ0v) is 16.1. The second-order valence-corrected chi connectivity index (χ2v) is 7.52. The van der Waals surface area contributed by atoms with Crippen LogP contribution in [0, 0.1) is 0 Å². The molecule has 0 saturated carbocycles. The smallest absolute Gasteiger partial charge is 0.410 e. The van der Waals surface area contributed by atoms with E-state index in [0.29, 0.717) is 12.6 Å². The minimum Gasteiger partial charge on any atom is -0.481 e. The molecule has 2 aliphatic rings. The number of amides is 1. The van der Waals surface area contributed by atoms with Crippen LogP contribution in [0.1, 0.15) is 34.6 Å². The summed E-state index contributed by atoms with van der Waals surface area (Å²) < 4.78 is 10.9. The summed E-state index contributed by atoms with van der Waals surface area (Å²) in [4.78, 5) is 25.6. The van der Waals surface area contributed by atoms with Crippen molar-refractivity contribution in [3.63, 3.8) is 0 Å². The quantitative estimate of drug-likeness (QED) is 0.760. The third kappa shape index (κ3) is 9.04. The first-order valence-corrected chi connectivity index (χ1v) is 8.81. The number of carbonyl (C=O) groups is 2. The van der Waals surface area contributed by atoms with Gasteiger partial charge in [-0.3, -0.25) is 9.69 Å². The highest BCUT2D eigenvalue weighted by molar-refractivity contribution is 5.68. The molecule has 0 bridgehead atoms. The molecule has 2 heterocycles. The van der Waals surface area contributed by atoms with Gasteiger partial charge in [0.15, 0.2) is 0 Å². The van der Waals surface area contributed by atoms with Crippen LogP contribution in [0.3, 0.4) is 0 Å². The van der Waals surface area contributed by atoms with Gasteiger partial charge < -0.3 is 24.8 Å². The third-order valence-corrected chi connectivity index (χ3v) is 3.86. The summed E-state index contributed by atoms with van der Waals surface area (Å²) in [6.07, 6.45) is -0.205. The van der Waals surface area contributed by atoms with Crippen LogP contribution < -0.4 is 5.32 Å². The fourth-order valence-corrected chi connectivity index (χ4v) is 2.72. The van der Waals surface area contributed by atoms with E-state index in [1.165, 1.54) is 0 Å². The Morgan fingerprint density at radius 1 is 1.28 bits per heavy atom. The Morgan fingerprint density at radius 2 is 1.84 bits per heavy atom. The van der Waals surface area contributed by atoms with E-state index in [0.717, 1.165) is 46.3 Å². The van der Waals surface area contributed by atoms with Crippen LogP contribution in [0.2, 0.25) is 0 Å². The molecule has 2 N–H and O–H groups in total. The van der Waals surface area contributed by atoms with Crippen molar-refractivity contribution in [2.45, 2.75) is 52.3 Å². The van der Waals surface area contributed by atoms with Gasteiger partial charge >= 0.3 is 6.09 Å². The van der Waals surface area contributed by atoms with Crippen molar-refractivity contribution in [1.29, 1.82) is 0 Å². The molecule has 0 aromatic carbocycles. The standard InChI is InChI=1S/C15H29N3O3.C2H4O2/c1-12-9-16-13(10-17-5-7-20-8-6-17)11-18(12)14(19)21-15(2,3)4;1-2(3)4/h12-13,16H,5-11H2,1-4H3;1H3,(H,3,4)/t12-,13+;/m1./s1. The monoisotopic (exact) mass is 359 g/mol. The number of ether oxygens (including phenoxy) is 2. The summed E-state index contributed by atoms with van der Waals surface area (Å²) in [5, 5.41) is 10.9. The highest BCUT2D eigenvalue weighted by Crippen LogP contribution is 2.15. The van der Waals surface area contributed by atoms with Crippen molar-refractivity contribution in [2.75, 3.05) is 45.9 Å². The molecule has 2 aliphatic heterocycles. The Hall–Kier alpha value is -1.38. The third-order valence-electron chi connectivity index (χ3n) is 3.86. The highest BCUT2D eigenvalue weighted by atomic mass is 16.6. The van der Waals surface area contributed by atoms with E-state index in [2.05, 4.69) is 17.1 Å². The summed E-state index contributed by atoms with van der Waals surface area (Å²) in [5.41, 5.74) is -0.443. The van der Waals surface area contributed by atoms with Crippen molar-refractivity contribution in [3.8, 4) is 0 Å². The number of nitrogens with zero attached hydrogens (tertiary/aromatic N) is 2. The number of nitrogens with one attached hydrogen (secondary N) is 1. The van der Waals surface area contributed by atoms with Crippen LogP contribution in [-0.4, -0.2) is 90.6 Å². The molecular formula is C17H33N3O5. The van der Waals surface area contributed by atoms with E-state index in [9.17, 15) is 4.79 Å². The Balaban J connectivity index is 0.000000705. The van der Waals surface area contributed by atoms with Gasteiger partial charge in [-0.05, 0) is 27.7 Å². The van der Waals surface area contributed by atoms with Gasteiger partial charge in [-0.1, -0.05) is 0 Å². The first-order chi connectivity index (χ1) is 11.6. The van der Waals surface area contributed by atoms with E-state index in [4.69, 9.17) is 19.4 Å². The molecule has 146 valence electrons. The molecule has 8 heteroatoms. The van der Waals surface area contributed by atoms with Crippen LogP contribution in [-0.2, 0) is 14.3 Å². The van der Waals surface area contributed by atoms with Crippen LogP contribution in [0.5, 0.6) is 0 Å². The highest BCUT2D eigenvalue weighted by Gasteiger charge is 2.32. The lowest BCUT2D eigenvalue weighted by atomic mass is 10.1. The van der Waals surface area contributed by atoms with Crippen molar-refractivity contribution in [2.24, 2.45) is 0 Å². The predicted molar refractivity (Wildman–Crippen MR) is 94.8 cm³/mol. The summed E-state index contributed by atoms with van der Waals surface area (Å²) in [7, 11) is 0. The molecule has 8 nitrogen and oxygen atoms in total. The fraction of sp³-hybridized carbons (Fsp3) is 0.882. The summed E-state index contributed by atoms with van der Waals surface area (Å²) in [6.45, 7) is 14.9. The van der Waals surface area contributed by atoms with Gasteiger partial charge in [-0.2, -0.15) is 0 Å². The maximum Gasteiger partial charge on any atom is 0.410 e. The molecule has 2 atom stereocenters. The van der Waals surface area contributed by atoms with Gasteiger partial charge in [-0.25, -0.2) is 4.79 Å². The number of morpholine rings is 1. The maximum atomic E-state index is 12.3. The fourth-order valence-electron chi connectivity index (χ4n) is 2.72. The Bertz CT molecular complexity index is 428. The average Bonchev–Trinajstić information content (AvgIpc) is 2.48. The van der Waals surface area contributed by atoms with Crippen LogP contribution in [0.4, 0.5) is 4.79 Å². The molecule has 2 saturated heterocycles. The number of aliphatic carboxylic acids is 1. The Kier molecular flexibility index (Phi) is 8.61. The molecule has 0 aromatic heterocycles. The zero-order chi connectivity index (χ0) is 19.0. The number of carboxylic acid groups (broad SMARTS) is 1. The topological polar surface area (TPSA) is 91.3 Å². The van der Waals surface area contributed by atoms with Gasteiger partial charge in [0.25, 0.3) is 5.97 Å². The SMILES string of the molecule is CC(=O)O.C[C@@H]1CN[C@@H](CN2CCOCC2)CN1C(=O)OC(C)(C)C. The van der Waals surface area contributed by atoms with Gasteiger partial charge in [0, 0.05) is 51.7 Å². The summed E-state index contributed by atoms with van der Waals surface area (Å²) in [6, 6.07) is 0.465. The van der Waals surface area contributed by atoms with E-state index >= 15 is 0 Å². The first-order valence-electron chi connectivity index (χ1n) is 8.81. The predicted octanol–water partition coefficient (Wildman–Crippen LogP) is 1.01. The normalized spacial score (nSPS) is 24.9. The molecule has 0 radical (unpaired) electrons.